The summed E-state index contributed by atoms with van der Waals surface area (Å²) in [7, 11) is 4.84. The Morgan fingerprint density at radius 3 is 2.28 bits per heavy atom. The number of aromatic nitrogens is 4. The average molecular weight is 496 g/mol. The van der Waals surface area contributed by atoms with Gasteiger partial charge < -0.3 is 35.1 Å². The Hall–Kier alpha value is -3.27. The second kappa shape index (κ2) is 10.8. The molecule has 0 spiro atoms. The summed E-state index contributed by atoms with van der Waals surface area (Å²) in [6.45, 7) is 0.511. The monoisotopic (exact) mass is 495 g/mol. The molecule has 0 saturated heterocycles. The maximum absolute atomic E-state index is 6.11. The molecule has 5 rings (SSSR count). The number of ether oxygens (including phenoxy) is 3. The van der Waals surface area contributed by atoms with Gasteiger partial charge in [0, 0.05) is 24.7 Å². The molecule has 2 aliphatic carbocycles. The summed E-state index contributed by atoms with van der Waals surface area (Å²) in [4.78, 5) is 14.5. The number of hydrogen-bond acceptors (Lipinski definition) is 9. The zero-order chi connectivity index (χ0) is 25.1. The van der Waals surface area contributed by atoms with Crippen molar-refractivity contribution in [2.45, 2.75) is 76.0 Å². The highest BCUT2D eigenvalue weighted by molar-refractivity contribution is 5.84. The van der Waals surface area contributed by atoms with Crippen molar-refractivity contribution in [2.24, 2.45) is 5.73 Å². The van der Waals surface area contributed by atoms with Crippen LogP contribution in [-0.2, 0) is 6.54 Å². The number of benzene rings is 1. The molecule has 3 aromatic rings. The third-order valence-corrected chi connectivity index (χ3v) is 7.43. The number of nitrogens with one attached hydrogen (secondary N) is 2. The van der Waals surface area contributed by atoms with Crippen molar-refractivity contribution >= 4 is 22.9 Å². The highest BCUT2D eigenvalue weighted by atomic mass is 16.5. The molecule has 0 radical (unpaired) electrons. The molecule has 1 aromatic carbocycles. The minimum absolute atomic E-state index is 0.297. The summed E-state index contributed by atoms with van der Waals surface area (Å²) in [6, 6.07) is 4.94. The van der Waals surface area contributed by atoms with E-state index >= 15 is 0 Å². The van der Waals surface area contributed by atoms with Crippen molar-refractivity contribution in [3.8, 4) is 17.2 Å². The third kappa shape index (κ3) is 5.00. The second-order valence-corrected chi connectivity index (χ2v) is 9.80. The summed E-state index contributed by atoms with van der Waals surface area (Å²) in [5.41, 5.74) is 8.74. The first-order chi connectivity index (χ1) is 17.6. The van der Waals surface area contributed by atoms with E-state index in [9.17, 15) is 0 Å². The molecule has 2 saturated carbocycles. The van der Waals surface area contributed by atoms with Crippen LogP contribution in [0.15, 0.2) is 18.5 Å². The normalized spacial score (nSPS) is 20.4. The molecule has 0 amide bonds. The van der Waals surface area contributed by atoms with E-state index < -0.39 is 0 Å². The molecule has 0 aliphatic heterocycles. The predicted octanol–water partition coefficient (Wildman–Crippen LogP) is 4.26. The van der Waals surface area contributed by atoms with Gasteiger partial charge in [-0.1, -0.05) is 12.8 Å². The lowest BCUT2D eigenvalue weighted by Crippen LogP contribution is -2.33. The first-order valence-corrected chi connectivity index (χ1v) is 12.9. The van der Waals surface area contributed by atoms with Crippen molar-refractivity contribution < 1.29 is 14.2 Å². The standard InChI is InChI=1S/C26H37N7O3/c1-34-20-12-16(13-21(35-2)23(20)36-3)14-28-24-22-25(33(15-29-22)19-6-4-5-7-19)32-26(31-24)30-18-10-8-17(27)9-11-18/h12-13,15,17-19H,4-11,14,27H2,1-3H3,(H2,28,30,31,32)/t17-,18-. The van der Waals surface area contributed by atoms with E-state index in [1.165, 1.54) is 12.8 Å². The Kier molecular flexibility index (Phi) is 7.31. The predicted molar refractivity (Wildman–Crippen MR) is 140 cm³/mol. The molecular formula is C26H37N7O3. The maximum Gasteiger partial charge on any atom is 0.227 e. The van der Waals surface area contributed by atoms with Crippen molar-refractivity contribution in [1.29, 1.82) is 0 Å². The first kappa shape index (κ1) is 24.4. The molecule has 2 heterocycles. The summed E-state index contributed by atoms with van der Waals surface area (Å²) < 4.78 is 18.7. The van der Waals surface area contributed by atoms with Crippen LogP contribution in [0.25, 0.3) is 11.2 Å². The first-order valence-electron chi connectivity index (χ1n) is 12.9. The Bertz CT molecular complexity index is 1160. The summed E-state index contributed by atoms with van der Waals surface area (Å²) in [6.07, 6.45) is 10.8. The Labute approximate surface area is 211 Å². The van der Waals surface area contributed by atoms with Gasteiger partial charge in [0.1, 0.15) is 0 Å². The van der Waals surface area contributed by atoms with Gasteiger partial charge in [-0.15, -0.1) is 0 Å². The molecule has 2 aromatic heterocycles. The van der Waals surface area contributed by atoms with E-state index in [-0.39, 0.29) is 0 Å². The van der Waals surface area contributed by atoms with Crippen LogP contribution in [0, 0.1) is 0 Å². The quantitative estimate of drug-likeness (QED) is 0.400. The Balaban J connectivity index is 1.45. The fourth-order valence-electron chi connectivity index (χ4n) is 5.42. The largest absolute Gasteiger partial charge is 0.493 e. The zero-order valence-corrected chi connectivity index (χ0v) is 21.4. The number of nitrogens with zero attached hydrogens (tertiary/aromatic N) is 4. The number of anilines is 2. The smallest absolute Gasteiger partial charge is 0.227 e. The van der Waals surface area contributed by atoms with Gasteiger partial charge in [0.15, 0.2) is 28.5 Å². The van der Waals surface area contributed by atoms with E-state index in [2.05, 4.69) is 15.2 Å². The lowest BCUT2D eigenvalue weighted by Gasteiger charge is -2.27. The molecule has 2 fully saturated rings. The fraction of sp³-hybridized carbons (Fsp3) is 0.577. The van der Waals surface area contributed by atoms with Crippen molar-refractivity contribution in [3.05, 3.63) is 24.0 Å². The average Bonchev–Trinajstić information content (AvgIpc) is 3.58. The highest BCUT2D eigenvalue weighted by Gasteiger charge is 2.24. The number of methoxy groups -OCH3 is 3. The summed E-state index contributed by atoms with van der Waals surface area (Å²) in [5.74, 6) is 3.15. The van der Waals surface area contributed by atoms with Gasteiger partial charge in [0.25, 0.3) is 0 Å². The highest BCUT2D eigenvalue weighted by Crippen LogP contribution is 2.39. The zero-order valence-electron chi connectivity index (χ0n) is 21.4. The molecule has 194 valence electrons. The molecule has 36 heavy (non-hydrogen) atoms. The number of rotatable bonds is 9. The van der Waals surface area contributed by atoms with Gasteiger partial charge >= 0.3 is 0 Å². The Morgan fingerprint density at radius 1 is 0.944 bits per heavy atom. The van der Waals surface area contributed by atoms with Gasteiger partial charge in [-0.25, -0.2) is 4.98 Å². The van der Waals surface area contributed by atoms with Crippen LogP contribution >= 0.6 is 0 Å². The van der Waals surface area contributed by atoms with Crippen LogP contribution in [0.4, 0.5) is 11.8 Å². The minimum Gasteiger partial charge on any atom is -0.493 e. The van der Waals surface area contributed by atoms with Crippen LogP contribution < -0.4 is 30.6 Å². The van der Waals surface area contributed by atoms with Crippen LogP contribution in [0.3, 0.4) is 0 Å². The maximum atomic E-state index is 6.11. The van der Waals surface area contributed by atoms with Crippen LogP contribution in [0.5, 0.6) is 17.2 Å². The van der Waals surface area contributed by atoms with E-state index in [1.807, 2.05) is 18.5 Å². The van der Waals surface area contributed by atoms with E-state index in [0.717, 1.165) is 55.3 Å². The van der Waals surface area contributed by atoms with Gasteiger partial charge in [-0.3, -0.25) is 0 Å². The molecule has 4 N–H and O–H groups in total. The van der Waals surface area contributed by atoms with Crippen molar-refractivity contribution in [2.75, 3.05) is 32.0 Å². The van der Waals surface area contributed by atoms with Crippen LogP contribution in [0.1, 0.15) is 63.0 Å². The molecule has 10 heteroatoms. The van der Waals surface area contributed by atoms with Gasteiger partial charge in [0.2, 0.25) is 11.7 Å². The van der Waals surface area contributed by atoms with E-state index in [1.54, 1.807) is 21.3 Å². The Morgan fingerprint density at radius 2 is 1.64 bits per heavy atom. The molecule has 0 bridgehead atoms. The van der Waals surface area contributed by atoms with Crippen molar-refractivity contribution in [1.82, 2.24) is 19.5 Å². The van der Waals surface area contributed by atoms with Gasteiger partial charge in [0.05, 0.1) is 27.7 Å². The lowest BCUT2D eigenvalue weighted by molar-refractivity contribution is 0.324. The number of fused-ring (bicyclic) bond motifs is 1. The van der Waals surface area contributed by atoms with Gasteiger partial charge in [-0.2, -0.15) is 9.97 Å². The lowest BCUT2D eigenvalue weighted by atomic mass is 9.92. The molecule has 2 aliphatic rings. The van der Waals surface area contributed by atoms with Crippen LogP contribution in [-0.4, -0.2) is 52.9 Å². The summed E-state index contributed by atoms with van der Waals surface area (Å²) >= 11 is 0. The van der Waals surface area contributed by atoms with Crippen LogP contribution in [0.2, 0.25) is 0 Å². The molecule has 0 unspecified atom stereocenters. The number of nitrogens with two attached hydrogens (primary N) is 1. The SMILES string of the molecule is COc1cc(CNc2nc(N[C@H]3CC[C@H](N)CC3)nc3c2ncn3C2CCCC2)cc(OC)c1OC. The van der Waals surface area contributed by atoms with Gasteiger partial charge in [-0.05, 0) is 56.2 Å². The summed E-state index contributed by atoms with van der Waals surface area (Å²) in [5, 5.41) is 7.07. The minimum atomic E-state index is 0.297. The third-order valence-electron chi connectivity index (χ3n) is 7.43. The molecule has 10 nitrogen and oxygen atoms in total. The molecular weight excluding hydrogens is 458 g/mol. The van der Waals surface area contributed by atoms with E-state index in [4.69, 9.17) is 34.9 Å². The van der Waals surface area contributed by atoms with E-state index in [0.29, 0.717) is 53.7 Å². The topological polar surface area (TPSA) is 121 Å². The number of hydrogen-bond donors (Lipinski definition) is 3. The molecule has 0 atom stereocenters. The number of imidazole rings is 1. The van der Waals surface area contributed by atoms with Crippen molar-refractivity contribution in [3.63, 3.8) is 0 Å². The fourth-order valence-corrected chi connectivity index (χ4v) is 5.42. The second-order valence-electron chi connectivity index (χ2n) is 9.80.